The van der Waals surface area contributed by atoms with Crippen molar-refractivity contribution in [1.82, 2.24) is 5.43 Å². The molecule has 7 nitrogen and oxygen atoms in total. The quantitative estimate of drug-likeness (QED) is 0.0889. The van der Waals surface area contributed by atoms with Crippen molar-refractivity contribution in [2.75, 3.05) is 5.32 Å². The number of para-hydroxylation sites is 1. The fourth-order valence-electron chi connectivity index (χ4n) is 3.40. The molecule has 0 bridgehead atoms. The van der Waals surface area contributed by atoms with E-state index in [1.807, 2.05) is 0 Å². The van der Waals surface area contributed by atoms with Gasteiger partial charge < -0.3 is 10.1 Å². The number of halogens is 5. The van der Waals surface area contributed by atoms with Crippen molar-refractivity contribution in [3.63, 3.8) is 0 Å². The molecule has 0 saturated carbocycles. The number of hydrazone groups is 1. The average molecular weight is 680 g/mol. The van der Waals surface area contributed by atoms with Crippen LogP contribution in [0.4, 0.5) is 5.69 Å². The van der Waals surface area contributed by atoms with Crippen molar-refractivity contribution < 1.29 is 19.1 Å². The number of nitrogens with zero attached hydrogens (tertiary/aromatic N) is 1. The van der Waals surface area contributed by atoms with Crippen LogP contribution in [0.25, 0.3) is 0 Å². The van der Waals surface area contributed by atoms with Gasteiger partial charge in [-0.3, -0.25) is 9.59 Å². The predicted octanol–water partition coefficient (Wildman–Crippen LogP) is 8.30. The summed E-state index contributed by atoms with van der Waals surface area (Å²) in [7, 11) is 0. The molecule has 4 rings (SSSR count). The fraction of sp³-hybridized carbons (Fsp3) is 0. The van der Waals surface area contributed by atoms with Crippen molar-refractivity contribution in [3.05, 3.63) is 126 Å². The Kier molecular flexibility index (Phi) is 9.84. The minimum atomic E-state index is -0.701. The largest absolute Gasteiger partial charge is 0.422 e. The van der Waals surface area contributed by atoms with Gasteiger partial charge in [0.05, 0.1) is 38.6 Å². The summed E-state index contributed by atoms with van der Waals surface area (Å²) in [4.78, 5) is 38.4. The lowest BCUT2D eigenvalue weighted by Gasteiger charge is -2.11. The summed E-state index contributed by atoms with van der Waals surface area (Å²) in [6.07, 6.45) is 1.31. The number of rotatable bonds is 7. The van der Waals surface area contributed by atoms with Crippen molar-refractivity contribution >= 4 is 92.0 Å². The van der Waals surface area contributed by atoms with Gasteiger partial charge in [-0.25, -0.2) is 10.2 Å². The van der Waals surface area contributed by atoms with E-state index < -0.39 is 17.8 Å². The first-order valence-corrected chi connectivity index (χ1v) is 13.6. The van der Waals surface area contributed by atoms with Crippen LogP contribution in [-0.2, 0) is 0 Å². The molecule has 0 aliphatic rings. The molecule has 0 fully saturated rings. The molecule has 0 saturated heterocycles. The second-order valence-electron chi connectivity index (χ2n) is 8.02. The number of amides is 2. The van der Waals surface area contributed by atoms with Crippen LogP contribution in [0.5, 0.6) is 5.75 Å². The smallest absolute Gasteiger partial charge is 0.345 e. The Morgan fingerprint density at radius 3 is 2.08 bits per heavy atom. The molecule has 2 N–H and O–H groups in total. The maximum Gasteiger partial charge on any atom is 0.345 e. The molecule has 0 aromatic heterocycles. The van der Waals surface area contributed by atoms with Gasteiger partial charge in [0.15, 0.2) is 0 Å². The summed E-state index contributed by atoms with van der Waals surface area (Å²) < 4.78 is 6.19. The van der Waals surface area contributed by atoms with E-state index in [2.05, 4.69) is 31.8 Å². The van der Waals surface area contributed by atoms with Crippen LogP contribution in [0, 0.1) is 0 Å². The van der Waals surface area contributed by atoms with Gasteiger partial charge in [-0.1, -0.05) is 74.5 Å². The van der Waals surface area contributed by atoms with Crippen molar-refractivity contribution in [1.29, 1.82) is 0 Å². The summed E-state index contributed by atoms with van der Waals surface area (Å²) >= 11 is 27.4. The first-order valence-electron chi connectivity index (χ1n) is 11.3. The minimum Gasteiger partial charge on any atom is -0.422 e. The molecule has 202 valence electrons. The van der Waals surface area contributed by atoms with Crippen LogP contribution in [0.1, 0.15) is 36.6 Å². The van der Waals surface area contributed by atoms with Gasteiger partial charge >= 0.3 is 5.97 Å². The lowest BCUT2D eigenvalue weighted by Crippen LogP contribution is -2.21. The lowest BCUT2D eigenvalue weighted by molar-refractivity contribution is 0.0734. The van der Waals surface area contributed by atoms with E-state index in [9.17, 15) is 14.4 Å². The number of ether oxygens (including phenoxy) is 1. The topological polar surface area (TPSA) is 96.9 Å². The molecule has 0 radical (unpaired) electrons. The lowest BCUT2D eigenvalue weighted by atomic mass is 10.1. The summed E-state index contributed by atoms with van der Waals surface area (Å²) in [6.45, 7) is 0. The normalized spacial score (nSPS) is 10.8. The molecular weight excluding hydrogens is 664 g/mol. The monoisotopic (exact) mass is 677 g/mol. The van der Waals surface area contributed by atoms with Crippen LogP contribution in [0.3, 0.4) is 0 Å². The van der Waals surface area contributed by atoms with Crippen LogP contribution in [-0.4, -0.2) is 24.0 Å². The predicted molar refractivity (Wildman–Crippen MR) is 161 cm³/mol. The van der Waals surface area contributed by atoms with Crippen molar-refractivity contribution in [2.24, 2.45) is 5.10 Å². The molecule has 0 unspecified atom stereocenters. The Hall–Kier alpha value is -3.40. The number of anilines is 1. The third-order valence-electron chi connectivity index (χ3n) is 5.29. The van der Waals surface area contributed by atoms with E-state index in [-0.39, 0.29) is 38.2 Å². The number of carbonyl (C=O) groups excluding carboxylic acids is 3. The van der Waals surface area contributed by atoms with E-state index in [1.165, 1.54) is 48.7 Å². The highest BCUT2D eigenvalue weighted by Gasteiger charge is 2.17. The number of hydrogen-bond donors (Lipinski definition) is 2. The number of carbonyl (C=O) groups is 3. The number of nitrogens with one attached hydrogen (secondary N) is 2. The van der Waals surface area contributed by atoms with Crippen LogP contribution >= 0.6 is 62.3 Å². The zero-order valence-electron chi connectivity index (χ0n) is 20.1. The van der Waals surface area contributed by atoms with Gasteiger partial charge in [-0.2, -0.15) is 5.10 Å². The Labute approximate surface area is 257 Å². The third-order valence-corrected chi connectivity index (χ3v) is 6.88. The van der Waals surface area contributed by atoms with Gasteiger partial charge in [0.25, 0.3) is 11.8 Å². The molecule has 12 heteroatoms. The van der Waals surface area contributed by atoms with E-state index in [1.54, 1.807) is 36.4 Å². The maximum atomic E-state index is 12.9. The number of benzene rings is 4. The second kappa shape index (κ2) is 13.3. The highest BCUT2D eigenvalue weighted by atomic mass is 79.9. The zero-order valence-corrected chi connectivity index (χ0v) is 24.7. The van der Waals surface area contributed by atoms with E-state index in [4.69, 9.17) is 51.1 Å². The molecule has 0 spiro atoms. The van der Waals surface area contributed by atoms with Crippen LogP contribution in [0.2, 0.25) is 20.1 Å². The van der Waals surface area contributed by atoms with E-state index in [0.29, 0.717) is 20.1 Å². The number of hydrogen-bond acceptors (Lipinski definition) is 5. The fourth-order valence-corrected chi connectivity index (χ4v) is 4.76. The van der Waals surface area contributed by atoms with Gasteiger partial charge in [0.2, 0.25) is 0 Å². The highest BCUT2D eigenvalue weighted by molar-refractivity contribution is 9.10. The van der Waals surface area contributed by atoms with Gasteiger partial charge in [0.1, 0.15) is 5.75 Å². The highest BCUT2D eigenvalue weighted by Crippen LogP contribution is 2.26. The second-order valence-corrected chi connectivity index (χ2v) is 10.6. The summed E-state index contributed by atoms with van der Waals surface area (Å²) in [5.41, 5.74) is 3.50. The van der Waals surface area contributed by atoms with Crippen molar-refractivity contribution in [3.8, 4) is 5.75 Å². The molecule has 4 aromatic rings. The van der Waals surface area contributed by atoms with Gasteiger partial charge in [-0.15, -0.1) is 0 Å². The third kappa shape index (κ3) is 7.41. The molecule has 0 aliphatic heterocycles. The minimum absolute atomic E-state index is 0.128. The van der Waals surface area contributed by atoms with E-state index in [0.717, 1.165) is 0 Å². The molecular formula is C28H16BrCl4N3O4. The Bertz CT molecular complexity index is 1660. The van der Waals surface area contributed by atoms with Crippen LogP contribution in [0.15, 0.2) is 88.4 Å². The maximum absolute atomic E-state index is 12.9. The molecule has 0 atom stereocenters. The number of esters is 1. The van der Waals surface area contributed by atoms with Crippen LogP contribution < -0.4 is 15.5 Å². The molecule has 0 aliphatic carbocycles. The molecule has 0 heterocycles. The first-order chi connectivity index (χ1) is 19.1. The molecule has 4 aromatic carbocycles. The molecule has 2 amide bonds. The SMILES string of the molecule is O=C(Nc1ccccc1C(=O)N/N=C\c1cc(Br)ccc1OC(=O)c1ccc(Cl)cc1Cl)c1ccc(Cl)cc1Cl. The van der Waals surface area contributed by atoms with Gasteiger partial charge in [-0.05, 0) is 66.7 Å². The summed E-state index contributed by atoms with van der Waals surface area (Å²) in [6, 6.07) is 20.1. The average Bonchev–Trinajstić information content (AvgIpc) is 2.90. The summed E-state index contributed by atoms with van der Waals surface area (Å²) in [5.74, 6) is -1.65. The Balaban J connectivity index is 1.49. The first kappa shape index (κ1) is 29.6. The van der Waals surface area contributed by atoms with Gasteiger partial charge in [0, 0.05) is 20.1 Å². The molecule has 40 heavy (non-hydrogen) atoms. The van der Waals surface area contributed by atoms with E-state index >= 15 is 0 Å². The Morgan fingerprint density at radius 1 is 0.750 bits per heavy atom. The Morgan fingerprint density at radius 2 is 1.40 bits per heavy atom. The zero-order chi connectivity index (χ0) is 28.8. The standard InChI is InChI=1S/C28H16BrCl4N3O4/c29-16-5-10-25(40-28(39)20-9-7-18(31)13-23(20)33)15(11-16)14-34-36-27(38)21-3-1-2-4-24(21)35-26(37)19-8-6-17(30)12-22(19)32/h1-14H,(H,35,37)(H,36,38)/b34-14-. The summed E-state index contributed by atoms with van der Waals surface area (Å²) in [5, 5.41) is 7.75. The van der Waals surface area contributed by atoms with Crippen molar-refractivity contribution in [2.45, 2.75) is 0 Å².